The summed E-state index contributed by atoms with van der Waals surface area (Å²) in [6.45, 7) is 0.399. The zero-order valence-corrected chi connectivity index (χ0v) is 18.5. The number of carbonyl (C=O) groups excluding carboxylic acids is 1. The third-order valence-electron chi connectivity index (χ3n) is 5.47. The summed E-state index contributed by atoms with van der Waals surface area (Å²) in [6, 6.07) is 9.17. The summed E-state index contributed by atoms with van der Waals surface area (Å²) >= 11 is 0. The van der Waals surface area contributed by atoms with Crippen molar-refractivity contribution in [3.05, 3.63) is 59.2 Å². The van der Waals surface area contributed by atoms with Crippen LogP contribution in [0.25, 0.3) is 0 Å². The number of alkyl halides is 3. The molecule has 1 aliphatic heterocycles. The Bertz CT molecular complexity index is 1080. The normalized spacial score (nSPS) is 17.4. The molecule has 7 nitrogen and oxygen atoms in total. The molecule has 11 heteroatoms. The average molecular weight is 487 g/mol. The molecule has 180 valence electrons. The molecule has 0 spiro atoms. The van der Waals surface area contributed by atoms with E-state index in [-0.39, 0.29) is 29.6 Å². The van der Waals surface area contributed by atoms with E-state index in [4.69, 9.17) is 9.94 Å². The Hall–Kier alpha value is -2.60. The van der Waals surface area contributed by atoms with Gasteiger partial charge in [0, 0.05) is 19.7 Å². The maximum absolute atomic E-state index is 13.7. The van der Waals surface area contributed by atoms with E-state index in [0.29, 0.717) is 37.2 Å². The summed E-state index contributed by atoms with van der Waals surface area (Å²) in [4.78, 5) is 12.5. The molecular formula is C22H25F3N2O5S. The number of hydrogen-bond donors (Lipinski definition) is 3. The predicted octanol–water partition coefficient (Wildman–Crippen LogP) is 2.89. The second-order valence-electron chi connectivity index (χ2n) is 7.61. The van der Waals surface area contributed by atoms with Gasteiger partial charge in [0.1, 0.15) is 11.9 Å². The first-order valence-corrected chi connectivity index (χ1v) is 11.9. The molecule has 1 unspecified atom stereocenters. The number of aliphatic hydroxyl groups is 1. The lowest BCUT2D eigenvalue weighted by Crippen LogP contribution is -2.42. The van der Waals surface area contributed by atoms with Gasteiger partial charge >= 0.3 is 6.18 Å². The van der Waals surface area contributed by atoms with Crippen LogP contribution in [0.2, 0.25) is 0 Å². The first kappa shape index (κ1) is 25.0. The number of hydroxylamine groups is 1. The van der Waals surface area contributed by atoms with Crippen LogP contribution >= 0.6 is 0 Å². The van der Waals surface area contributed by atoms with E-state index in [1.54, 1.807) is 21.9 Å². The number of amides is 1. The van der Waals surface area contributed by atoms with E-state index in [1.165, 1.54) is 18.2 Å². The van der Waals surface area contributed by atoms with Crippen molar-refractivity contribution in [1.82, 2.24) is 9.79 Å². The van der Waals surface area contributed by atoms with Crippen molar-refractivity contribution in [2.45, 2.75) is 36.4 Å². The monoisotopic (exact) mass is 486 g/mol. The fourth-order valence-electron chi connectivity index (χ4n) is 3.78. The van der Waals surface area contributed by atoms with Gasteiger partial charge in [0.05, 0.1) is 25.7 Å². The molecule has 33 heavy (non-hydrogen) atoms. The number of hydrogen-bond acceptors (Lipinski definition) is 5. The fraction of sp³-hybridized carbons (Fsp3) is 0.364. The van der Waals surface area contributed by atoms with Crippen molar-refractivity contribution in [2.24, 2.45) is 0 Å². The molecule has 1 atom stereocenters. The van der Waals surface area contributed by atoms with Gasteiger partial charge in [-0.25, -0.2) is 14.0 Å². The number of benzene rings is 2. The highest BCUT2D eigenvalue weighted by Crippen LogP contribution is 2.31. The summed E-state index contributed by atoms with van der Waals surface area (Å²) in [5.41, 5.74) is 1.24. The molecule has 1 fully saturated rings. The van der Waals surface area contributed by atoms with Gasteiger partial charge in [-0.1, -0.05) is 12.1 Å². The van der Waals surface area contributed by atoms with Crippen LogP contribution in [0.1, 0.15) is 34.3 Å². The van der Waals surface area contributed by atoms with Crippen LogP contribution in [0.4, 0.5) is 13.2 Å². The number of carbonyl (C=O) groups is 1. The van der Waals surface area contributed by atoms with Crippen LogP contribution in [-0.2, 0) is 22.3 Å². The third-order valence-corrected chi connectivity index (χ3v) is 7.70. The number of nitrogens with zero attached hydrogens (tertiary/aromatic N) is 1. The lowest BCUT2D eigenvalue weighted by Gasteiger charge is -2.34. The van der Waals surface area contributed by atoms with E-state index in [9.17, 15) is 27.3 Å². The smallest absolute Gasteiger partial charge is 0.416 e. The minimum Gasteiger partial charge on any atom is -0.490 e. The van der Waals surface area contributed by atoms with E-state index in [0.717, 1.165) is 12.1 Å². The molecule has 1 aliphatic rings. The van der Waals surface area contributed by atoms with Crippen molar-refractivity contribution in [1.29, 1.82) is 0 Å². The van der Waals surface area contributed by atoms with Crippen molar-refractivity contribution >= 4 is 21.5 Å². The maximum atomic E-state index is 13.7. The van der Waals surface area contributed by atoms with Crippen molar-refractivity contribution in [3.8, 4) is 5.75 Å². The standard InChI is InChI=1S/C22H25F3N2O5S/c1-33(31,19-4-2-3-15(11-14-28)20(19)21(29)26-30)27-12-9-18(10-13-27)32-17-7-5-16(6-8-17)22(23,24)25/h2-8,18,28,30H,1,9-14H2,(H,26,29). The third kappa shape index (κ3) is 5.67. The van der Waals surface area contributed by atoms with Crippen LogP contribution < -0.4 is 10.2 Å². The Morgan fingerprint density at radius 2 is 1.82 bits per heavy atom. The zero-order valence-electron chi connectivity index (χ0n) is 17.7. The minimum absolute atomic E-state index is 0.0113. The van der Waals surface area contributed by atoms with Gasteiger partial charge in [-0.3, -0.25) is 10.0 Å². The average Bonchev–Trinajstić information content (AvgIpc) is 2.79. The van der Waals surface area contributed by atoms with Gasteiger partial charge in [-0.05, 0) is 61.0 Å². The summed E-state index contributed by atoms with van der Waals surface area (Å²) in [5, 5.41) is 18.4. The van der Waals surface area contributed by atoms with Gasteiger partial charge in [0.15, 0.2) is 0 Å². The Kier molecular flexibility index (Phi) is 7.68. The van der Waals surface area contributed by atoms with Gasteiger partial charge in [-0.15, -0.1) is 0 Å². The Morgan fingerprint density at radius 1 is 1.18 bits per heavy atom. The lowest BCUT2D eigenvalue weighted by atomic mass is 10.0. The molecule has 0 aliphatic carbocycles. The molecule has 0 saturated carbocycles. The van der Waals surface area contributed by atoms with Crippen LogP contribution in [0.15, 0.2) is 47.4 Å². The lowest BCUT2D eigenvalue weighted by molar-refractivity contribution is -0.137. The summed E-state index contributed by atoms with van der Waals surface area (Å²) in [5.74, 6) is 3.34. The molecule has 2 aromatic carbocycles. The van der Waals surface area contributed by atoms with Crippen molar-refractivity contribution in [3.63, 3.8) is 0 Å². The number of rotatable bonds is 7. The largest absolute Gasteiger partial charge is 0.490 e. The van der Waals surface area contributed by atoms with Gasteiger partial charge < -0.3 is 9.84 Å². The van der Waals surface area contributed by atoms with Gasteiger partial charge in [0.25, 0.3) is 5.91 Å². The van der Waals surface area contributed by atoms with E-state index in [1.807, 2.05) is 0 Å². The predicted molar refractivity (Wildman–Crippen MR) is 117 cm³/mol. The van der Waals surface area contributed by atoms with Crippen molar-refractivity contribution < 1.29 is 37.2 Å². The van der Waals surface area contributed by atoms with E-state index >= 15 is 0 Å². The van der Waals surface area contributed by atoms with Gasteiger partial charge in [0.2, 0.25) is 0 Å². The van der Waals surface area contributed by atoms with Gasteiger partial charge in [-0.2, -0.15) is 13.2 Å². The first-order valence-electron chi connectivity index (χ1n) is 10.2. The van der Waals surface area contributed by atoms with Crippen LogP contribution in [0.3, 0.4) is 0 Å². The summed E-state index contributed by atoms with van der Waals surface area (Å²) in [6.07, 6.45) is -3.67. The maximum Gasteiger partial charge on any atom is 0.416 e. The topological polar surface area (TPSA) is 99.1 Å². The molecule has 1 saturated heterocycles. The highest BCUT2D eigenvalue weighted by molar-refractivity contribution is 7.98. The van der Waals surface area contributed by atoms with E-state index < -0.39 is 27.4 Å². The second kappa shape index (κ2) is 10.1. The van der Waals surface area contributed by atoms with E-state index in [2.05, 4.69) is 5.87 Å². The number of aliphatic hydroxyl groups excluding tert-OH is 1. The molecule has 1 heterocycles. The Balaban J connectivity index is 1.73. The number of ether oxygens (including phenoxy) is 1. The highest BCUT2D eigenvalue weighted by atomic mass is 32.2. The van der Waals surface area contributed by atoms with Crippen molar-refractivity contribution in [2.75, 3.05) is 19.7 Å². The fourth-order valence-corrected chi connectivity index (χ4v) is 5.70. The zero-order chi connectivity index (χ0) is 24.2. The number of piperidine rings is 1. The van der Waals surface area contributed by atoms with Crippen LogP contribution in [0.5, 0.6) is 5.75 Å². The molecule has 2 aromatic rings. The molecule has 0 radical (unpaired) electrons. The molecule has 3 N–H and O–H groups in total. The summed E-state index contributed by atoms with van der Waals surface area (Å²) in [7, 11) is -3.11. The Labute approximate surface area is 189 Å². The number of nitrogens with one attached hydrogen (secondary N) is 1. The van der Waals surface area contributed by atoms with Crippen LogP contribution in [0, 0.1) is 0 Å². The molecule has 0 aromatic heterocycles. The molecule has 0 bridgehead atoms. The second-order valence-corrected chi connectivity index (χ2v) is 9.85. The quantitative estimate of drug-likeness (QED) is 0.318. The minimum atomic E-state index is -4.42. The molecule has 1 amide bonds. The Morgan fingerprint density at radius 3 is 2.36 bits per heavy atom. The highest BCUT2D eigenvalue weighted by Gasteiger charge is 2.31. The number of halogens is 3. The van der Waals surface area contributed by atoms with Crippen LogP contribution in [-0.4, -0.2) is 56.4 Å². The molecular weight excluding hydrogens is 461 g/mol. The SMILES string of the molecule is C=S(=O)(c1cccc(CCO)c1C(=O)NO)N1CCC(Oc2ccc(C(F)(F)F)cc2)CC1. The summed E-state index contributed by atoms with van der Waals surface area (Å²) < 4.78 is 59.2. The molecule has 3 rings (SSSR count). The first-order chi connectivity index (χ1) is 15.6.